The first kappa shape index (κ1) is 14.2. The van der Waals surface area contributed by atoms with E-state index in [0.717, 1.165) is 56.7 Å². The second-order valence-electron chi connectivity index (χ2n) is 6.16. The summed E-state index contributed by atoms with van der Waals surface area (Å²) in [5.74, 6) is 1.45. The van der Waals surface area contributed by atoms with Crippen LogP contribution in [0.2, 0.25) is 0 Å². The van der Waals surface area contributed by atoms with Crippen LogP contribution >= 0.6 is 0 Å². The van der Waals surface area contributed by atoms with Crippen molar-refractivity contribution < 1.29 is 4.79 Å². The summed E-state index contributed by atoms with van der Waals surface area (Å²) in [7, 11) is 0. The molecule has 1 unspecified atom stereocenters. The number of rotatable bonds is 3. The molecular formula is C16H24N4O. The zero-order chi connectivity index (χ0) is 14.7. The Balaban J connectivity index is 1.47. The first-order valence-corrected chi connectivity index (χ1v) is 7.94. The van der Waals surface area contributed by atoms with Gasteiger partial charge in [-0.3, -0.25) is 9.89 Å². The van der Waals surface area contributed by atoms with Gasteiger partial charge in [-0.05, 0) is 39.0 Å². The van der Waals surface area contributed by atoms with E-state index < -0.39 is 0 Å². The van der Waals surface area contributed by atoms with Crippen molar-refractivity contribution in [3.05, 3.63) is 23.9 Å². The number of anilines is 1. The molecule has 0 saturated carbocycles. The third kappa shape index (κ3) is 3.46. The molecular weight excluding hydrogens is 264 g/mol. The molecule has 114 valence electrons. The van der Waals surface area contributed by atoms with Gasteiger partial charge in [0.15, 0.2) is 5.82 Å². The van der Waals surface area contributed by atoms with Crippen LogP contribution in [0.25, 0.3) is 0 Å². The van der Waals surface area contributed by atoms with Crippen molar-refractivity contribution in [2.24, 2.45) is 5.92 Å². The maximum atomic E-state index is 12.2. The zero-order valence-corrected chi connectivity index (χ0v) is 12.6. The van der Waals surface area contributed by atoms with E-state index in [4.69, 9.17) is 0 Å². The lowest BCUT2D eigenvalue weighted by molar-refractivity contribution is -0.126. The minimum Gasteiger partial charge on any atom is -0.355 e. The quantitative estimate of drug-likeness (QED) is 0.838. The molecule has 5 nitrogen and oxygen atoms in total. The molecule has 1 aliphatic heterocycles. The molecule has 1 amide bonds. The molecule has 0 bridgehead atoms. The van der Waals surface area contributed by atoms with Crippen molar-refractivity contribution in [1.29, 1.82) is 0 Å². The highest BCUT2D eigenvalue weighted by molar-refractivity contribution is 5.79. The summed E-state index contributed by atoms with van der Waals surface area (Å²) in [6, 6.07) is 2.40. The maximum Gasteiger partial charge on any atom is 0.223 e. The Hall–Kier alpha value is -1.78. The fourth-order valence-electron chi connectivity index (χ4n) is 3.17. The predicted molar refractivity (Wildman–Crippen MR) is 83.2 cm³/mol. The third-order valence-corrected chi connectivity index (χ3v) is 4.50. The molecule has 2 N–H and O–H groups in total. The van der Waals surface area contributed by atoms with Crippen LogP contribution in [0.1, 0.15) is 37.8 Å². The van der Waals surface area contributed by atoms with Gasteiger partial charge in [0.2, 0.25) is 5.91 Å². The number of aryl methyl sites for hydroxylation is 1. The molecule has 3 rings (SSSR count). The summed E-state index contributed by atoms with van der Waals surface area (Å²) >= 11 is 0. The van der Waals surface area contributed by atoms with Crippen LogP contribution in [0.15, 0.2) is 18.2 Å². The third-order valence-electron chi connectivity index (χ3n) is 4.50. The van der Waals surface area contributed by atoms with E-state index in [1.165, 1.54) is 0 Å². The topological polar surface area (TPSA) is 61.0 Å². The molecule has 0 spiro atoms. The molecule has 5 heteroatoms. The van der Waals surface area contributed by atoms with Crippen LogP contribution in [-0.2, 0) is 4.79 Å². The van der Waals surface area contributed by atoms with E-state index in [1.807, 2.05) is 6.92 Å². The average molecular weight is 288 g/mol. The Morgan fingerprint density at radius 2 is 2.14 bits per heavy atom. The number of hydrogen-bond acceptors (Lipinski definition) is 3. The van der Waals surface area contributed by atoms with E-state index in [2.05, 4.69) is 38.6 Å². The van der Waals surface area contributed by atoms with Crippen LogP contribution in [0, 0.1) is 12.8 Å². The van der Waals surface area contributed by atoms with Crippen molar-refractivity contribution in [2.45, 2.75) is 45.1 Å². The van der Waals surface area contributed by atoms with Gasteiger partial charge in [0.25, 0.3) is 0 Å². The number of allylic oxidation sites excluding steroid dienone is 2. The number of H-pyrrole nitrogens is 1. The smallest absolute Gasteiger partial charge is 0.223 e. The number of nitrogens with zero attached hydrogens (tertiary/aromatic N) is 2. The largest absolute Gasteiger partial charge is 0.355 e. The molecule has 1 aliphatic carbocycles. The van der Waals surface area contributed by atoms with E-state index in [9.17, 15) is 4.79 Å². The van der Waals surface area contributed by atoms with Gasteiger partial charge in [0.05, 0.1) is 0 Å². The maximum absolute atomic E-state index is 12.2. The summed E-state index contributed by atoms with van der Waals surface area (Å²) in [5, 5.41) is 10.5. The van der Waals surface area contributed by atoms with Crippen LogP contribution in [0.3, 0.4) is 0 Å². The van der Waals surface area contributed by atoms with E-state index in [-0.39, 0.29) is 11.8 Å². The minimum absolute atomic E-state index is 0.182. The van der Waals surface area contributed by atoms with Crippen molar-refractivity contribution in [3.63, 3.8) is 0 Å². The van der Waals surface area contributed by atoms with E-state index in [1.54, 1.807) is 0 Å². The molecule has 1 atom stereocenters. The standard InChI is InChI=1S/C16H24N4O/c1-12-11-15(19-18-12)20-9-7-14(8-10-20)17-16(21)13-5-3-2-4-6-13/h2-3,11,13-14H,4-10H2,1H3,(H,17,21)(H,18,19). The highest BCUT2D eigenvalue weighted by Crippen LogP contribution is 2.21. The number of piperidine rings is 1. The van der Waals surface area contributed by atoms with Gasteiger partial charge >= 0.3 is 0 Å². The van der Waals surface area contributed by atoms with Crippen LogP contribution in [0.5, 0.6) is 0 Å². The number of hydrogen-bond donors (Lipinski definition) is 2. The van der Waals surface area contributed by atoms with Gasteiger partial charge in [0.1, 0.15) is 0 Å². The summed E-state index contributed by atoms with van der Waals surface area (Å²) < 4.78 is 0. The first-order chi connectivity index (χ1) is 10.2. The normalized spacial score (nSPS) is 23.3. The van der Waals surface area contributed by atoms with Gasteiger partial charge in [-0.25, -0.2) is 0 Å². The number of aromatic amines is 1. The fraction of sp³-hybridized carbons (Fsp3) is 0.625. The number of amides is 1. The van der Waals surface area contributed by atoms with Gasteiger partial charge in [-0.15, -0.1) is 0 Å². The Morgan fingerprint density at radius 3 is 2.76 bits per heavy atom. The van der Waals surface area contributed by atoms with Crippen molar-refractivity contribution >= 4 is 11.7 Å². The van der Waals surface area contributed by atoms with Crippen LogP contribution in [-0.4, -0.2) is 35.2 Å². The first-order valence-electron chi connectivity index (χ1n) is 7.94. The molecule has 21 heavy (non-hydrogen) atoms. The van der Waals surface area contributed by atoms with Crippen molar-refractivity contribution in [3.8, 4) is 0 Å². The lowest BCUT2D eigenvalue weighted by atomic mass is 9.93. The van der Waals surface area contributed by atoms with Crippen molar-refractivity contribution in [1.82, 2.24) is 15.5 Å². The molecule has 0 aromatic carbocycles. The lowest BCUT2D eigenvalue weighted by Crippen LogP contribution is -2.46. The summed E-state index contributed by atoms with van der Waals surface area (Å²) in [6.07, 6.45) is 9.24. The Bertz CT molecular complexity index is 514. The predicted octanol–water partition coefficient (Wildman–Crippen LogP) is 2.16. The SMILES string of the molecule is Cc1cc(N2CCC(NC(=O)C3CC=CCC3)CC2)n[nH]1. The molecule has 1 saturated heterocycles. The molecule has 1 aromatic rings. The van der Waals surface area contributed by atoms with Crippen molar-refractivity contribution in [2.75, 3.05) is 18.0 Å². The summed E-state index contributed by atoms with van der Waals surface area (Å²) in [5.41, 5.74) is 1.09. The average Bonchev–Trinajstić information content (AvgIpc) is 2.95. The Morgan fingerprint density at radius 1 is 1.33 bits per heavy atom. The Labute approximate surface area is 125 Å². The number of nitrogens with one attached hydrogen (secondary N) is 2. The summed E-state index contributed by atoms with van der Waals surface area (Å²) in [6.45, 7) is 3.93. The van der Waals surface area contributed by atoms with Gasteiger partial charge in [-0.1, -0.05) is 12.2 Å². The van der Waals surface area contributed by atoms with Crippen LogP contribution < -0.4 is 10.2 Å². The summed E-state index contributed by atoms with van der Waals surface area (Å²) in [4.78, 5) is 14.5. The highest BCUT2D eigenvalue weighted by atomic mass is 16.1. The Kier molecular flexibility index (Phi) is 4.27. The molecule has 1 aromatic heterocycles. The second kappa shape index (κ2) is 6.33. The van der Waals surface area contributed by atoms with E-state index >= 15 is 0 Å². The highest BCUT2D eigenvalue weighted by Gasteiger charge is 2.25. The molecule has 0 radical (unpaired) electrons. The number of aromatic nitrogens is 2. The minimum atomic E-state index is 0.182. The van der Waals surface area contributed by atoms with Crippen LogP contribution in [0.4, 0.5) is 5.82 Å². The molecule has 1 fully saturated rings. The molecule has 2 heterocycles. The number of carbonyl (C=O) groups is 1. The number of carbonyl (C=O) groups excluding carboxylic acids is 1. The zero-order valence-electron chi connectivity index (χ0n) is 12.6. The lowest BCUT2D eigenvalue weighted by Gasteiger charge is -2.33. The monoisotopic (exact) mass is 288 g/mol. The van der Waals surface area contributed by atoms with Gasteiger partial charge in [-0.2, -0.15) is 5.10 Å². The second-order valence-corrected chi connectivity index (χ2v) is 6.16. The van der Waals surface area contributed by atoms with E-state index in [0.29, 0.717) is 6.04 Å². The molecule has 2 aliphatic rings. The van der Waals surface area contributed by atoms with Gasteiger partial charge in [0, 0.05) is 36.8 Å². The fourth-order valence-corrected chi connectivity index (χ4v) is 3.17. The van der Waals surface area contributed by atoms with Gasteiger partial charge < -0.3 is 10.2 Å².